The number of hydrogen-bond acceptors (Lipinski definition) is 3. The molecule has 0 spiro atoms. The minimum absolute atomic E-state index is 0.0673. The van der Waals surface area contributed by atoms with Crippen LogP contribution in [0, 0.1) is 6.92 Å². The highest BCUT2D eigenvalue weighted by molar-refractivity contribution is 6.32. The van der Waals surface area contributed by atoms with E-state index in [1.54, 1.807) is 17.9 Å². The quantitative estimate of drug-likeness (QED) is 0.883. The molecule has 98 valence electrons. The lowest BCUT2D eigenvalue weighted by Gasteiger charge is -2.10. The SMILES string of the molecule is CNC1C(=O)Nc2cc(-n3cc(C)cn3)c(Cl)cc21. The zero-order valence-corrected chi connectivity index (χ0v) is 11.3. The summed E-state index contributed by atoms with van der Waals surface area (Å²) in [6.07, 6.45) is 3.65. The number of hydrogen-bond donors (Lipinski definition) is 2. The molecule has 0 radical (unpaired) electrons. The number of halogens is 1. The number of aryl methyl sites for hydroxylation is 1. The van der Waals surface area contributed by atoms with E-state index in [0.29, 0.717) is 5.02 Å². The van der Waals surface area contributed by atoms with Crippen molar-refractivity contribution < 1.29 is 4.79 Å². The van der Waals surface area contributed by atoms with Gasteiger partial charge in [0.15, 0.2) is 0 Å². The highest BCUT2D eigenvalue weighted by Crippen LogP contribution is 2.36. The molecule has 1 aliphatic rings. The molecule has 2 aromatic rings. The molecule has 2 N–H and O–H groups in total. The number of carbonyl (C=O) groups excluding carboxylic acids is 1. The smallest absolute Gasteiger partial charge is 0.246 e. The van der Waals surface area contributed by atoms with Crippen molar-refractivity contribution in [2.24, 2.45) is 0 Å². The molecule has 6 heteroatoms. The maximum atomic E-state index is 11.8. The summed E-state index contributed by atoms with van der Waals surface area (Å²) < 4.78 is 1.71. The first-order chi connectivity index (χ1) is 9.10. The summed E-state index contributed by atoms with van der Waals surface area (Å²) in [5.74, 6) is -0.0673. The minimum Gasteiger partial charge on any atom is -0.324 e. The second kappa shape index (κ2) is 4.36. The van der Waals surface area contributed by atoms with E-state index in [-0.39, 0.29) is 11.9 Å². The van der Waals surface area contributed by atoms with E-state index in [4.69, 9.17) is 11.6 Å². The number of carbonyl (C=O) groups is 1. The van der Waals surface area contributed by atoms with Crippen molar-refractivity contribution in [2.45, 2.75) is 13.0 Å². The minimum atomic E-state index is -0.346. The molecular weight excluding hydrogens is 264 g/mol. The average molecular weight is 277 g/mol. The number of amides is 1. The van der Waals surface area contributed by atoms with Crippen molar-refractivity contribution in [1.82, 2.24) is 15.1 Å². The lowest BCUT2D eigenvalue weighted by atomic mass is 10.1. The Morgan fingerprint density at radius 1 is 1.47 bits per heavy atom. The van der Waals surface area contributed by atoms with Crippen molar-refractivity contribution in [3.63, 3.8) is 0 Å². The predicted octanol–water partition coefficient (Wildman–Crippen LogP) is 2.05. The zero-order valence-electron chi connectivity index (χ0n) is 10.6. The fourth-order valence-corrected chi connectivity index (χ4v) is 2.54. The number of nitrogens with one attached hydrogen (secondary N) is 2. The van der Waals surface area contributed by atoms with E-state index in [1.165, 1.54) is 0 Å². The van der Waals surface area contributed by atoms with Crippen LogP contribution in [0.5, 0.6) is 0 Å². The Bertz CT molecular complexity index is 665. The molecule has 1 amide bonds. The molecule has 0 fully saturated rings. The largest absolute Gasteiger partial charge is 0.324 e. The first-order valence-electron chi connectivity index (χ1n) is 5.93. The van der Waals surface area contributed by atoms with E-state index >= 15 is 0 Å². The van der Waals surface area contributed by atoms with Gasteiger partial charge in [0.1, 0.15) is 6.04 Å². The predicted molar refractivity (Wildman–Crippen MR) is 73.7 cm³/mol. The Kier molecular flexibility index (Phi) is 2.80. The lowest BCUT2D eigenvalue weighted by Crippen LogP contribution is -2.23. The zero-order chi connectivity index (χ0) is 13.6. The topological polar surface area (TPSA) is 59.0 Å². The second-order valence-electron chi connectivity index (χ2n) is 4.56. The first kappa shape index (κ1) is 12.2. The molecule has 1 aromatic heterocycles. The highest BCUT2D eigenvalue weighted by Gasteiger charge is 2.30. The number of rotatable bonds is 2. The molecule has 19 heavy (non-hydrogen) atoms. The number of fused-ring (bicyclic) bond motifs is 1. The summed E-state index contributed by atoms with van der Waals surface area (Å²) in [6.45, 7) is 1.96. The third-order valence-electron chi connectivity index (χ3n) is 3.20. The molecule has 5 nitrogen and oxygen atoms in total. The number of likely N-dealkylation sites (N-methyl/N-ethyl adjacent to an activating group) is 1. The van der Waals surface area contributed by atoms with Crippen molar-refractivity contribution in [2.75, 3.05) is 12.4 Å². The molecule has 2 heterocycles. The van der Waals surface area contributed by atoms with E-state index in [9.17, 15) is 4.79 Å². The van der Waals surface area contributed by atoms with Crippen molar-refractivity contribution >= 4 is 23.2 Å². The maximum Gasteiger partial charge on any atom is 0.246 e. The number of nitrogens with zero attached hydrogens (tertiary/aromatic N) is 2. The number of anilines is 1. The lowest BCUT2D eigenvalue weighted by molar-refractivity contribution is -0.117. The van der Waals surface area contributed by atoms with Crippen molar-refractivity contribution in [3.8, 4) is 5.69 Å². The fourth-order valence-electron chi connectivity index (χ4n) is 2.28. The molecule has 0 aliphatic carbocycles. The van der Waals surface area contributed by atoms with E-state index in [2.05, 4.69) is 15.7 Å². The first-order valence-corrected chi connectivity index (χ1v) is 6.31. The molecular formula is C13H13ClN4O. The Hall–Kier alpha value is -1.85. The van der Waals surface area contributed by atoms with Crippen LogP contribution in [0.15, 0.2) is 24.5 Å². The van der Waals surface area contributed by atoms with Gasteiger partial charge in [-0.1, -0.05) is 11.6 Å². The Morgan fingerprint density at radius 3 is 2.89 bits per heavy atom. The van der Waals surface area contributed by atoms with Crippen LogP contribution in [-0.2, 0) is 4.79 Å². The summed E-state index contributed by atoms with van der Waals surface area (Å²) in [5.41, 5.74) is 3.45. The summed E-state index contributed by atoms with van der Waals surface area (Å²) >= 11 is 6.29. The Labute approximate surface area is 115 Å². The van der Waals surface area contributed by atoms with Crippen LogP contribution in [0.4, 0.5) is 5.69 Å². The van der Waals surface area contributed by atoms with Crippen LogP contribution in [0.25, 0.3) is 5.69 Å². The van der Waals surface area contributed by atoms with Gasteiger partial charge in [-0.25, -0.2) is 4.68 Å². The standard InChI is InChI=1S/C13H13ClN4O/c1-7-5-16-18(6-7)11-4-10-8(3-9(11)14)12(15-2)13(19)17-10/h3-6,12,15H,1-2H3,(H,17,19). The maximum absolute atomic E-state index is 11.8. The number of aromatic nitrogens is 2. The van der Waals surface area contributed by atoms with Crippen LogP contribution in [0.1, 0.15) is 17.2 Å². The van der Waals surface area contributed by atoms with Crippen LogP contribution in [0.3, 0.4) is 0 Å². The molecule has 0 saturated heterocycles. The van der Waals surface area contributed by atoms with Gasteiger partial charge in [0.2, 0.25) is 5.91 Å². The number of benzene rings is 1. The summed E-state index contributed by atoms with van der Waals surface area (Å²) in [5, 5.41) is 10.6. The van der Waals surface area contributed by atoms with Gasteiger partial charge in [-0.2, -0.15) is 5.10 Å². The van der Waals surface area contributed by atoms with Gasteiger partial charge in [0.05, 0.1) is 16.9 Å². The molecule has 0 saturated carbocycles. The normalized spacial score (nSPS) is 17.4. The van der Waals surface area contributed by atoms with Gasteiger partial charge in [-0.15, -0.1) is 0 Å². The van der Waals surface area contributed by atoms with Crippen LogP contribution < -0.4 is 10.6 Å². The molecule has 1 aliphatic heterocycles. The monoisotopic (exact) mass is 276 g/mol. The fraction of sp³-hybridized carbons (Fsp3) is 0.231. The van der Waals surface area contributed by atoms with Crippen molar-refractivity contribution in [1.29, 1.82) is 0 Å². The summed E-state index contributed by atoms with van der Waals surface area (Å²) in [6, 6.07) is 3.31. The van der Waals surface area contributed by atoms with E-state index in [1.807, 2.05) is 25.3 Å². The Balaban J connectivity index is 2.12. The molecule has 3 rings (SSSR count). The van der Waals surface area contributed by atoms with Gasteiger partial charge in [0, 0.05) is 17.4 Å². The third kappa shape index (κ3) is 1.91. The van der Waals surface area contributed by atoms with Crippen LogP contribution in [0.2, 0.25) is 5.02 Å². The van der Waals surface area contributed by atoms with E-state index < -0.39 is 0 Å². The molecule has 1 aromatic carbocycles. The van der Waals surface area contributed by atoms with Crippen molar-refractivity contribution in [3.05, 3.63) is 40.7 Å². The van der Waals surface area contributed by atoms with E-state index in [0.717, 1.165) is 22.5 Å². The summed E-state index contributed by atoms with van der Waals surface area (Å²) in [4.78, 5) is 11.8. The van der Waals surface area contributed by atoms with Crippen LogP contribution >= 0.6 is 11.6 Å². The van der Waals surface area contributed by atoms with Gasteiger partial charge < -0.3 is 10.6 Å². The average Bonchev–Trinajstić information content (AvgIpc) is 2.91. The van der Waals surface area contributed by atoms with Gasteiger partial charge in [-0.3, -0.25) is 4.79 Å². The second-order valence-corrected chi connectivity index (χ2v) is 4.97. The van der Waals surface area contributed by atoms with Gasteiger partial charge in [0.25, 0.3) is 0 Å². The highest BCUT2D eigenvalue weighted by atomic mass is 35.5. The molecule has 1 atom stereocenters. The van der Waals surface area contributed by atoms with Gasteiger partial charge in [-0.05, 0) is 31.7 Å². The van der Waals surface area contributed by atoms with Crippen LogP contribution in [-0.4, -0.2) is 22.7 Å². The van der Waals surface area contributed by atoms with Gasteiger partial charge >= 0.3 is 0 Å². The molecule has 0 bridgehead atoms. The summed E-state index contributed by atoms with van der Waals surface area (Å²) in [7, 11) is 1.75. The molecule has 1 unspecified atom stereocenters. The Morgan fingerprint density at radius 2 is 2.26 bits per heavy atom. The third-order valence-corrected chi connectivity index (χ3v) is 3.50.